The second kappa shape index (κ2) is 8.81. The number of anilines is 1. The number of hydrogen-bond donors (Lipinski definition) is 2. The zero-order chi connectivity index (χ0) is 20.0. The highest BCUT2D eigenvalue weighted by atomic mass is 79.9. The summed E-state index contributed by atoms with van der Waals surface area (Å²) < 4.78 is 28.0. The Balaban J connectivity index is 1.63. The van der Waals surface area contributed by atoms with Gasteiger partial charge in [-0.1, -0.05) is 46.3 Å². The number of nitrogens with one attached hydrogen (secondary N) is 2. The second-order valence-corrected chi connectivity index (χ2v) is 8.35. The molecule has 8 heteroatoms. The maximum Gasteiger partial charge on any atom is 0.271 e. The van der Waals surface area contributed by atoms with E-state index in [0.29, 0.717) is 11.3 Å². The molecular weight excluding hydrogens is 442 g/mol. The number of hydrogen-bond acceptors (Lipinski definition) is 4. The predicted molar refractivity (Wildman–Crippen MR) is 113 cm³/mol. The van der Waals surface area contributed by atoms with Crippen molar-refractivity contribution in [2.75, 3.05) is 4.72 Å². The lowest BCUT2D eigenvalue weighted by Crippen LogP contribution is -2.18. The first kappa shape index (κ1) is 19.8. The summed E-state index contributed by atoms with van der Waals surface area (Å²) in [4.78, 5) is 12.3. The Labute approximate surface area is 171 Å². The summed E-state index contributed by atoms with van der Waals surface area (Å²) in [5.41, 5.74) is 3.99. The number of hydrazone groups is 1. The molecule has 6 nitrogen and oxygen atoms in total. The maximum absolute atomic E-state index is 12.3. The van der Waals surface area contributed by atoms with E-state index in [1.165, 1.54) is 42.6 Å². The Kier molecular flexibility index (Phi) is 6.23. The molecule has 0 aliphatic heterocycles. The van der Waals surface area contributed by atoms with Gasteiger partial charge >= 0.3 is 0 Å². The molecule has 3 aromatic rings. The van der Waals surface area contributed by atoms with Gasteiger partial charge in [0.25, 0.3) is 15.9 Å². The number of halogens is 1. The van der Waals surface area contributed by atoms with Crippen molar-refractivity contribution in [2.24, 2.45) is 5.10 Å². The average molecular weight is 458 g/mol. The van der Waals surface area contributed by atoms with Gasteiger partial charge in [-0.2, -0.15) is 5.10 Å². The van der Waals surface area contributed by atoms with E-state index in [9.17, 15) is 13.2 Å². The summed E-state index contributed by atoms with van der Waals surface area (Å²) >= 11 is 3.36. The molecule has 0 radical (unpaired) electrons. The molecular formula is C20H16BrN3O3S. The van der Waals surface area contributed by atoms with Gasteiger partial charge in [0.2, 0.25) is 0 Å². The van der Waals surface area contributed by atoms with E-state index in [1.807, 2.05) is 24.3 Å². The van der Waals surface area contributed by atoms with Gasteiger partial charge in [0.15, 0.2) is 0 Å². The number of benzene rings is 3. The average Bonchev–Trinajstić information content (AvgIpc) is 2.69. The van der Waals surface area contributed by atoms with Crippen LogP contribution >= 0.6 is 15.9 Å². The standard InChI is InChI=1S/C20H16BrN3O3S/c21-17-6-4-5-15(13-17)14-22-23-20(25)16-9-11-18(12-10-16)24-28(26,27)19-7-2-1-3-8-19/h1-14,24H,(H,23,25)/b22-14-. The first-order valence-electron chi connectivity index (χ1n) is 8.21. The van der Waals surface area contributed by atoms with E-state index in [2.05, 4.69) is 31.2 Å². The Morgan fingerprint density at radius 1 is 0.929 bits per heavy atom. The van der Waals surface area contributed by atoms with Gasteiger partial charge in [0.1, 0.15) is 0 Å². The van der Waals surface area contributed by atoms with Crippen molar-refractivity contribution in [1.29, 1.82) is 0 Å². The molecule has 0 aliphatic rings. The van der Waals surface area contributed by atoms with Crippen LogP contribution in [0.3, 0.4) is 0 Å². The van der Waals surface area contributed by atoms with Crippen molar-refractivity contribution in [3.8, 4) is 0 Å². The van der Waals surface area contributed by atoms with E-state index < -0.39 is 15.9 Å². The number of carbonyl (C=O) groups is 1. The number of sulfonamides is 1. The molecule has 3 rings (SSSR count). The Hall–Kier alpha value is -2.97. The van der Waals surface area contributed by atoms with Crippen LogP contribution in [0.5, 0.6) is 0 Å². The number of rotatable bonds is 6. The van der Waals surface area contributed by atoms with Crippen LogP contribution in [0.2, 0.25) is 0 Å². The predicted octanol–water partition coefficient (Wildman–Crippen LogP) is 4.01. The van der Waals surface area contributed by atoms with Crippen LogP contribution in [0.1, 0.15) is 15.9 Å². The third-order valence-corrected chi connectivity index (χ3v) is 5.57. The molecule has 28 heavy (non-hydrogen) atoms. The van der Waals surface area contributed by atoms with Gasteiger partial charge in [0.05, 0.1) is 11.1 Å². The summed E-state index contributed by atoms with van der Waals surface area (Å²) in [6.07, 6.45) is 1.53. The van der Waals surface area contributed by atoms with Gasteiger partial charge < -0.3 is 0 Å². The van der Waals surface area contributed by atoms with Crippen molar-refractivity contribution < 1.29 is 13.2 Å². The third-order valence-electron chi connectivity index (χ3n) is 3.68. The van der Waals surface area contributed by atoms with Crippen molar-refractivity contribution in [2.45, 2.75) is 4.90 Å². The first-order chi connectivity index (χ1) is 13.4. The normalized spacial score (nSPS) is 11.3. The zero-order valence-electron chi connectivity index (χ0n) is 14.5. The van der Waals surface area contributed by atoms with E-state index in [-0.39, 0.29) is 4.90 Å². The zero-order valence-corrected chi connectivity index (χ0v) is 16.9. The topological polar surface area (TPSA) is 87.6 Å². The minimum absolute atomic E-state index is 0.165. The van der Waals surface area contributed by atoms with Gasteiger partial charge in [-0.3, -0.25) is 9.52 Å². The fourth-order valence-corrected chi connectivity index (χ4v) is 3.82. The summed E-state index contributed by atoms with van der Waals surface area (Å²) in [6, 6.07) is 21.6. The van der Waals surface area contributed by atoms with E-state index in [4.69, 9.17) is 0 Å². The molecule has 0 fully saturated rings. The number of carbonyl (C=O) groups excluding carboxylic acids is 1. The molecule has 1 amide bonds. The van der Waals surface area contributed by atoms with E-state index in [0.717, 1.165) is 10.0 Å². The second-order valence-electron chi connectivity index (χ2n) is 5.75. The van der Waals surface area contributed by atoms with E-state index in [1.54, 1.807) is 18.2 Å². The number of nitrogens with zero attached hydrogens (tertiary/aromatic N) is 1. The summed E-state index contributed by atoms with van der Waals surface area (Å²) in [5, 5.41) is 3.92. The molecule has 0 saturated heterocycles. The van der Waals surface area contributed by atoms with Crippen LogP contribution in [0.4, 0.5) is 5.69 Å². The minimum atomic E-state index is -3.67. The highest BCUT2D eigenvalue weighted by molar-refractivity contribution is 9.10. The van der Waals surface area contributed by atoms with Crippen LogP contribution in [0, 0.1) is 0 Å². The van der Waals surface area contributed by atoms with Gasteiger partial charge in [-0.25, -0.2) is 13.8 Å². The van der Waals surface area contributed by atoms with Gasteiger partial charge in [0, 0.05) is 15.7 Å². The van der Waals surface area contributed by atoms with Gasteiger partial charge in [-0.15, -0.1) is 0 Å². The van der Waals surface area contributed by atoms with Crippen LogP contribution in [-0.4, -0.2) is 20.5 Å². The first-order valence-corrected chi connectivity index (χ1v) is 10.5. The SMILES string of the molecule is O=C(N/N=C\c1cccc(Br)c1)c1ccc(NS(=O)(=O)c2ccccc2)cc1. The molecule has 0 atom stereocenters. The highest BCUT2D eigenvalue weighted by Gasteiger charge is 2.13. The lowest BCUT2D eigenvalue weighted by atomic mass is 10.2. The summed E-state index contributed by atoms with van der Waals surface area (Å²) in [7, 11) is -3.67. The van der Waals surface area contributed by atoms with Gasteiger partial charge in [-0.05, 0) is 54.1 Å². The van der Waals surface area contributed by atoms with Crippen molar-refractivity contribution >= 4 is 43.8 Å². The highest BCUT2D eigenvalue weighted by Crippen LogP contribution is 2.16. The Morgan fingerprint density at radius 3 is 2.32 bits per heavy atom. The molecule has 142 valence electrons. The Bertz CT molecular complexity index is 1100. The van der Waals surface area contributed by atoms with Crippen molar-refractivity contribution in [1.82, 2.24) is 5.43 Å². The molecule has 2 N–H and O–H groups in total. The minimum Gasteiger partial charge on any atom is -0.280 e. The fraction of sp³-hybridized carbons (Fsp3) is 0. The molecule has 0 bridgehead atoms. The Morgan fingerprint density at radius 2 is 1.64 bits per heavy atom. The fourth-order valence-electron chi connectivity index (χ4n) is 2.32. The summed E-state index contributed by atoms with van der Waals surface area (Å²) in [6.45, 7) is 0. The molecule has 0 saturated carbocycles. The van der Waals surface area contributed by atoms with Crippen molar-refractivity contribution in [3.63, 3.8) is 0 Å². The summed E-state index contributed by atoms with van der Waals surface area (Å²) in [5.74, 6) is -0.399. The van der Waals surface area contributed by atoms with Crippen LogP contribution < -0.4 is 10.1 Å². The molecule has 0 aliphatic carbocycles. The van der Waals surface area contributed by atoms with Crippen molar-refractivity contribution in [3.05, 3.63) is 94.5 Å². The van der Waals surface area contributed by atoms with Crippen LogP contribution in [0.25, 0.3) is 0 Å². The van der Waals surface area contributed by atoms with Crippen LogP contribution in [-0.2, 0) is 10.0 Å². The lowest BCUT2D eigenvalue weighted by Gasteiger charge is -2.08. The maximum atomic E-state index is 12.3. The largest absolute Gasteiger partial charge is 0.280 e. The molecule has 0 spiro atoms. The molecule has 3 aromatic carbocycles. The van der Waals surface area contributed by atoms with Crippen LogP contribution in [0.15, 0.2) is 93.3 Å². The number of amides is 1. The molecule has 0 heterocycles. The lowest BCUT2D eigenvalue weighted by molar-refractivity contribution is 0.0955. The smallest absolute Gasteiger partial charge is 0.271 e. The monoisotopic (exact) mass is 457 g/mol. The molecule has 0 unspecified atom stereocenters. The third kappa shape index (κ3) is 5.28. The quantitative estimate of drug-likeness (QED) is 0.432. The molecule has 0 aromatic heterocycles. The van der Waals surface area contributed by atoms with E-state index >= 15 is 0 Å².